The van der Waals surface area contributed by atoms with E-state index < -0.39 is 0 Å². The van der Waals surface area contributed by atoms with Crippen LogP contribution in [-0.2, 0) is 4.79 Å². The van der Waals surface area contributed by atoms with Gasteiger partial charge < -0.3 is 10.0 Å². The third-order valence-corrected chi connectivity index (χ3v) is 5.17. The number of likely N-dealkylation sites (tertiary alicyclic amines) is 1. The second-order valence-corrected chi connectivity index (χ2v) is 6.38. The highest BCUT2D eigenvalue weighted by Crippen LogP contribution is 2.47. The molecule has 0 spiro atoms. The Hall–Kier alpha value is -1.61. The standard InChI is InChI=1S/C18H23NO2/c1-12(2)14-8-9-16-15(14)10-18(21)19(16)17(11-20)13-6-4-3-5-7-13/h3-7,14-17,20H,1,8-11H2,2H3/t14-,15+,16-,17+/m1/s1. The summed E-state index contributed by atoms with van der Waals surface area (Å²) in [5.41, 5.74) is 2.21. The van der Waals surface area contributed by atoms with E-state index >= 15 is 0 Å². The largest absolute Gasteiger partial charge is 0.394 e. The average molecular weight is 285 g/mol. The molecule has 112 valence electrons. The van der Waals surface area contributed by atoms with E-state index in [2.05, 4.69) is 13.5 Å². The number of nitrogens with zero attached hydrogens (tertiary/aromatic N) is 1. The van der Waals surface area contributed by atoms with Gasteiger partial charge in [-0.15, -0.1) is 0 Å². The van der Waals surface area contributed by atoms with Gasteiger partial charge in [-0.05, 0) is 37.2 Å². The minimum Gasteiger partial charge on any atom is -0.394 e. The number of carbonyl (C=O) groups is 1. The van der Waals surface area contributed by atoms with E-state index in [1.807, 2.05) is 35.2 Å². The Morgan fingerprint density at radius 1 is 1.38 bits per heavy atom. The van der Waals surface area contributed by atoms with Gasteiger partial charge in [-0.3, -0.25) is 4.79 Å². The molecule has 3 heteroatoms. The zero-order chi connectivity index (χ0) is 15.0. The molecule has 21 heavy (non-hydrogen) atoms. The van der Waals surface area contributed by atoms with Crippen LogP contribution >= 0.6 is 0 Å². The van der Waals surface area contributed by atoms with Crippen LogP contribution in [0.25, 0.3) is 0 Å². The molecule has 1 aliphatic carbocycles. The molecule has 3 nitrogen and oxygen atoms in total. The van der Waals surface area contributed by atoms with Crippen LogP contribution in [0.15, 0.2) is 42.5 Å². The Labute approximate surface area is 126 Å². The summed E-state index contributed by atoms with van der Waals surface area (Å²) in [6.45, 7) is 6.14. The molecular weight excluding hydrogens is 262 g/mol. The molecule has 3 rings (SSSR count). The highest BCUT2D eigenvalue weighted by molar-refractivity contribution is 5.80. The fourth-order valence-electron chi connectivity index (χ4n) is 4.21. The molecular formula is C18H23NO2. The van der Waals surface area contributed by atoms with Crippen molar-refractivity contribution in [3.63, 3.8) is 0 Å². The number of fused-ring (bicyclic) bond motifs is 1. The topological polar surface area (TPSA) is 40.5 Å². The fourth-order valence-corrected chi connectivity index (χ4v) is 4.21. The molecule has 1 aromatic rings. The number of amides is 1. The molecule has 1 aromatic carbocycles. The van der Waals surface area contributed by atoms with Gasteiger partial charge in [0.25, 0.3) is 0 Å². The predicted octanol–water partition coefficient (Wildman–Crippen LogP) is 2.92. The maximum Gasteiger partial charge on any atom is 0.223 e. The van der Waals surface area contributed by atoms with Crippen molar-refractivity contribution in [1.82, 2.24) is 4.90 Å². The highest BCUT2D eigenvalue weighted by Gasteiger charge is 2.49. The van der Waals surface area contributed by atoms with Gasteiger partial charge in [-0.1, -0.05) is 42.5 Å². The molecule has 1 saturated heterocycles. The van der Waals surface area contributed by atoms with Crippen molar-refractivity contribution in [2.45, 2.75) is 38.3 Å². The molecule has 4 atom stereocenters. The van der Waals surface area contributed by atoms with Crippen LogP contribution in [0.5, 0.6) is 0 Å². The highest BCUT2D eigenvalue weighted by atomic mass is 16.3. The molecule has 2 aliphatic rings. The van der Waals surface area contributed by atoms with E-state index in [-0.39, 0.29) is 24.6 Å². The summed E-state index contributed by atoms with van der Waals surface area (Å²) in [5.74, 6) is 1.02. The van der Waals surface area contributed by atoms with E-state index in [4.69, 9.17) is 0 Å². The molecule has 1 heterocycles. The SMILES string of the molecule is C=C(C)[C@H]1CC[C@@H]2[C@H]1CC(=O)N2[C@@H](CO)c1ccccc1. The maximum atomic E-state index is 12.5. The quantitative estimate of drug-likeness (QED) is 0.864. The molecule has 1 aliphatic heterocycles. The fraction of sp³-hybridized carbons (Fsp3) is 0.500. The second kappa shape index (κ2) is 5.64. The zero-order valence-corrected chi connectivity index (χ0v) is 12.5. The summed E-state index contributed by atoms with van der Waals surface area (Å²) in [5, 5.41) is 9.84. The van der Waals surface area contributed by atoms with Gasteiger partial charge >= 0.3 is 0 Å². The van der Waals surface area contributed by atoms with Crippen molar-refractivity contribution in [3.8, 4) is 0 Å². The lowest BCUT2D eigenvalue weighted by Gasteiger charge is -2.32. The van der Waals surface area contributed by atoms with Crippen molar-refractivity contribution >= 4 is 5.91 Å². The number of rotatable bonds is 4. The van der Waals surface area contributed by atoms with Crippen molar-refractivity contribution in [3.05, 3.63) is 48.0 Å². The third kappa shape index (κ3) is 2.40. The lowest BCUT2D eigenvalue weighted by Crippen LogP contribution is -2.38. The predicted molar refractivity (Wildman–Crippen MR) is 82.5 cm³/mol. The molecule has 1 saturated carbocycles. The Balaban J connectivity index is 1.88. The van der Waals surface area contributed by atoms with Crippen LogP contribution in [0.4, 0.5) is 0 Å². The minimum absolute atomic E-state index is 0.0172. The number of allylic oxidation sites excluding steroid dienone is 1. The lowest BCUT2D eigenvalue weighted by molar-refractivity contribution is -0.132. The van der Waals surface area contributed by atoms with E-state index in [0.29, 0.717) is 18.3 Å². The van der Waals surface area contributed by atoms with Crippen LogP contribution in [0, 0.1) is 11.8 Å². The van der Waals surface area contributed by atoms with Crippen molar-refractivity contribution < 1.29 is 9.90 Å². The van der Waals surface area contributed by atoms with E-state index in [0.717, 1.165) is 18.4 Å². The number of aliphatic hydroxyl groups is 1. The van der Waals surface area contributed by atoms with Crippen LogP contribution in [-0.4, -0.2) is 28.6 Å². The first-order valence-corrected chi connectivity index (χ1v) is 7.76. The van der Waals surface area contributed by atoms with Crippen LogP contribution in [0.1, 0.15) is 37.8 Å². The van der Waals surface area contributed by atoms with Gasteiger partial charge in [0.2, 0.25) is 5.91 Å². The summed E-state index contributed by atoms with van der Waals surface area (Å²) in [7, 11) is 0. The molecule has 0 bridgehead atoms. The van der Waals surface area contributed by atoms with Gasteiger partial charge in [0.15, 0.2) is 0 Å². The molecule has 0 aromatic heterocycles. The van der Waals surface area contributed by atoms with Gasteiger partial charge in [-0.2, -0.15) is 0 Å². The maximum absolute atomic E-state index is 12.5. The summed E-state index contributed by atoms with van der Waals surface area (Å²) < 4.78 is 0. The van der Waals surface area contributed by atoms with E-state index in [9.17, 15) is 9.90 Å². The Morgan fingerprint density at radius 2 is 2.10 bits per heavy atom. The van der Waals surface area contributed by atoms with Crippen molar-refractivity contribution in [1.29, 1.82) is 0 Å². The Morgan fingerprint density at radius 3 is 2.71 bits per heavy atom. The normalized spacial score (nSPS) is 29.5. The van der Waals surface area contributed by atoms with E-state index in [1.165, 1.54) is 5.57 Å². The smallest absolute Gasteiger partial charge is 0.223 e. The van der Waals surface area contributed by atoms with Gasteiger partial charge in [0.05, 0.1) is 12.6 Å². The molecule has 0 radical (unpaired) electrons. The van der Waals surface area contributed by atoms with Crippen LogP contribution < -0.4 is 0 Å². The van der Waals surface area contributed by atoms with Gasteiger partial charge in [-0.25, -0.2) is 0 Å². The first kappa shape index (κ1) is 14.3. The van der Waals surface area contributed by atoms with Crippen LogP contribution in [0.3, 0.4) is 0 Å². The van der Waals surface area contributed by atoms with E-state index in [1.54, 1.807) is 0 Å². The minimum atomic E-state index is -0.211. The van der Waals surface area contributed by atoms with Crippen molar-refractivity contribution in [2.24, 2.45) is 11.8 Å². The lowest BCUT2D eigenvalue weighted by atomic mass is 9.88. The summed E-state index contributed by atoms with van der Waals surface area (Å²) in [4.78, 5) is 14.5. The first-order chi connectivity index (χ1) is 10.1. The summed E-state index contributed by atoms with van der Waals surface area (Å²) in [6.07, 6.45) is 2.74. The second-order valence-electron chi connectivity index (χ2n) is 6.38. The molecule has 0 unspecified atom stereocenters. The number of hydrogen-bond acceptors (Lipinski definition) is 2. The molecule has 1 amide bonds. The number of aliphatic hydroxyl groups excluding tert-OH is 1. The third-order valence-electron chi connectivity index (χ3n) is 5.17. The van der Waals surface area contributed by atoms with Crippen molar-refractivity contribution in [2.75, 3.05) is 6.61 Å². The first-order valence-electron chi connectivity index (χ1n) is 7.76. The monoisotopic (exact) mass is 285 g/mol. The summed E-state index contributed by atoms with van der Waals surface area (Å²) in [6, 6.07) is 9.91. The Bertz CT molecular complexity index is 539. The Kier molecular flexibility index (Phi) is 3.85. The zero-order valence-electron chi connectivity index (χ0n) is 12.5. The number of hydrogen-bond donors (Lipinski definition) is 1. The summed E-state index contributed by atoms with van der Waals surface area (Å²) >= 11 is 0. The number of benzene rings is 1. The van der Waals surface area contributed by atoms with Gasteiger partial charge in [0, 0.05) is 12.5 Å². The van der Waals surface area contributed by atoms with Crippen LogP contribution in [0.2, 0.25) is 0 Å². The molecule has 2 fully saturated rings. The number of carbonyl (C=O) groups excluding carboxylic acids is 1. The average Bonchev–Trinajstić information content (AvgIpc) is 3.01. The van der Waals surface area contributed by atoms with Gasteiger partial charge in [0.1, 0.15) is 0 Å². The molecule has 1 N–H and O–H groups in total.